The summed E-state index contributed by atoms with van der Waals surface area (Å²) in [6.07, 6.45) is 4.68. The van der Waals surface area contributed by atoms with E-state index in [0.717, 1.165) is 27.6 Å². The van der Waals surface area contributed by atoms with Gasteiger partial charge in [0.1, 0.15) is 0 Å². The number of Topliss-reactive ketones (excluding diaryl/α,β-unsaturated/α-hetero) is 1. The molecule has 0 atom stereocenters. The standard InChI is InChI=1S/C18H16N2O/c19-15-5-1-3-13(11-15)7-8-18(21)17-6-2-4-14-12-20-10-9-16(14)17/h1-6,9-12H,7-8,19H2. The van der Waals surface area contributed by atoms with Crippen molar-refractivity contribution in [1.29, 1.82) is 0 Å². The van der Waals surface area contributed by atoms with E-state index in [2.05, 4.69) is 4.98 Å². The highest BCUT2D eigenvalue weighted by atomic mass is 16.1. The molecular formula is C18H16N2O. The largest absolute Gasteiger partial charge is 0.399 e. The Morgan fingerprint density at radius 2 is 1.95 bits per heavy atom. The zero-order valence-corrected chi connectivity index (χ0v) is 11.6. The van der Waals surface area contributed by atoms with E-state index in [9.17, 15) is 4.79 Å². The maximum Gasteiger partial charge on any atom is 0.163 e. The van der Waals surface area contributed by atoms with Gasteiger partial charge in [-0.3, -0.25) is 9.78 Å². The number of carbonyl (C=O) groups is 1. The van der Waals surface area contributed by atoms with Gasteiger partial charge in [-0.15, -0.1) is 0 Å². The minimum Gasteiger partial charge on any atom is -0.399 e. The van der Waals surface area contributed by atoms with Crippen molar-refractivity contribution in [2.45, 2.75) is 12.8 Å². The van der Waals surface area contributed by atoms with Crippen molar-refractivity contribution in [3.8, 4) is 0 Å². The summed E-state index contributed by atoms with van der Waals surface area (Å²) in [5.74, 6) is 0.147. The molecule has 0 aliphatic carbocycles. The van der Waals surface area contributed by atoms with Crippen molar-refractivity contribution in [2.75, 3.05) is 5.73 Å². The fourth-order valence-electron chi connectivity index (χ4n) is 2.51. The summed E-state index contributed by atoms with van der Waals surface area (Å²) in [5.41, 5.74) is 8.34. The fraction of sp³-hybridized carbons (Fsp3) is 0.111. The summed E-state index contributed by atoms with van der Waals surface area (Å²) in [6, 6.07) is 15.3. The first-order chi connectivity index (χ1) is 10.2. The number of aromatic nitrogens is 1. The first-order valence-electron chi connectivity index (χ1n) is 6.94. The normalized spacial score (nSPS) is 10.7. The number of fused-ring (bicyclic) bond motifs is 1. The Labute approximate surface area is 123 Å². The number of nitrogen functional groups attached to an aromatic ring is 1. The molecule has 0 unspecified atom stereocenters. The summed E-state index contributed by atoms with van der Waals surface area (Å²) < 4.78 is 0. The van der Waals surface area contributed by atoms with Crippen LogP contribution in [-0.2, 0) is 6.42 Å². The maximum absolute atomic E-state index is 12.5. The van der Waals surface area contributed by atoms with Crippen LogP contribution in [0.25, 0.3) is 10.8 Å². The van der Waals surface area contributed by atoms with E-state index in [1.807, 2.05) is 48.5 Å². The number of hydrogen-bond acceptors (Lipinski definition) is 3. The second kappa shape index (κ2) is 5.75. The van der Waals surface area contributed by atoms with Gasteiger partial charge in [0.2, 0.25) is 0 Å². The highest BCUT2D eigenvalue weighted by Crippen LogP contribution is 2.20. The van der Waals surface area contributed by atoms with Crippen LogP contribution in [0, 0.1) is 0 Å². The van der Waals surface area contributed by atoms with E-state index in [0.29, 0.717) is 12.8 Å². The number of ketones is 1. The zero-order valence-electron chi connectivity index (χ0n) is 11.6. The lowest BCUT2D eigenvalue weighted by molar-refractivity contribution is 0.0984. The zero-order chi connectivity index (χ0) is 14.7. The van der Waals surface area contributed by atoms with Gasteiger partial charge in [0.05, 0.1) is 0 Å². The molecule has 21 heavy (non-hydrogen) atoms. The third-order valence-corrected chi connectivity index (χ3v) is 3.57. The van der Waals surface area contributed by atoms with Crippen molar-refractivity contribution in [2.24, 2.45) is 0 Å². The van der Waals surface area contributed by atoms with E-state index < -0.39 is 0 Å². The minimum absolute atomic E-state index is 0.147. The van der Waals surface area contributed by atoms with Crippen LogP contribution >= 0.6 is 0 Å². The summed E-state index contributed by atoms with van der Waals surface area (Å²) in [4.78, 5) is 16.6. The Hall–Kier alpha value is -2.68. The van der Waals surface area contributed by atoms with Crippen LogP contribution < -0.4 is 5.73 Å². The summed E-state index contributed by atoms with van der Waals surface area (Å²) >= 11 is 0. The number of rotatable bonds is 4. The van der Waals surface area contributed by atoms with Gasteiger partial charge in [-0.25, -0.2) is 0 Å². The van der Waals surface area contributed by atoms with E-state index in [1.54, 1.807) is 12.4 Å². The second-order valence-corrected chi connectivity index (χ2v) is 5.07. The SMILES string of the molecule is Nc1cccc(CCC(=O)c2cccc3cnccc23)c1. The van der Waals surface area contributed by atoms with Crippen LogP contribution in [-0.4, -0.2) is 10.8 Å². The monoisotopic (exact) mass is 276 g/mol. The highest BCUT2D eigenvalue weighted by Gasteiger charge is 2.10. The van der Waals surface area contributed by atoms with E-state index in [4.69, 9.17) is 5.73 Å². The van der Waals surface area contributed by atoms with Crippen LogP contribution in [0.5, 0.6) is 0 Å². The lowest BCUT2D eigenvalue weighted by Crippen LogP contribution is -2.02. The van der Waals surface area contributed by atoms with E-state index in [-0.39, 0.29) is 5.78 Å². The molecule has 0 radical (unpaired) electrons. The number of aryl methyl sites for hydroxylation is 1. The molecule has 0 spiro atoms. The first-order valence-corrected chi connectivity index (χ1v) is 6.94. The number of benzene rings is 2. The van der Waals surface area contributed by atoms with Crippen molar-refractivity contribution in [3.05, 3.63) is 72.1 Å². The Kier molecular flexibility index (Phi) is 3.65. The molecule has 3 aromatic rings. The van der Waals surface area contributed by atoms with Gasteiger partial charge < -0.3 is 5.73 Å². The third kappa shape index (κ3) is 2.92. The predicted molar refractivity (Wildman–Crippen MR) is 85.2 cm³/mol. The molecule has 3 nitrogen and oxygen atoms in total. The molecule has 3 rings (SSSR count). The maximum atomic E-state index is 12.5. The molecule has 0 aliphatic rings. The Morgan fingerprint density at radius 1 is 1.10 bits per heavy atom. The van der Waals surface area contributed by atoms with Crippen LogP contribution in [0.3, 0.4) is 0 Å². The smallest absolute Gasteiger partial charge is 0.163 e. The van der Waals surface area contributed by atoms with Gasteiger partial charge in [0.15, 0.2) is 5.78 Å². The second-order valence-electron chi connectivity index (χ2n) is 5.07. The van der Waals surface area contributed by atoms with Crippen LogP contribution in [0.2, 0.25) is 0 Å². The first kappa shape index (κ1) is 13.3. The van der Waals surface area contributed by atoms with Crippen LogP contribution in [0.15, 0.2) is 60.9 Å². The Morgan fingerprint density at radius 3 is 2.81 bits per heavy atom. The van der Waals surface area contributed by atoms with Gasteiger partial charge in [-0.05, 0) is 35.6 Å². The molecule has 3 heteroatoms. The van der Waals surface area contributed by atoms with Gasteiger partial charge in [-0.2, -0.15) is 0 Å². The highest BCUT2D eigenvalue weighted by molar-refractivity contribution is 6.07. The van der Waals surface area contributed by atoms with Crippen molar-refractivity contribution >= 4 is 22.2 Å². The molecule has 0 saturated heterocycles. The molecule has 2 N–H and O–H groups in total. The third-order valence-electron chi connectivity index (χ3n) is 3.57. The fourth-order valence-corrected chi connectivity index (χ4v) is 2.51. The summed E-state index contributed by atoms with van der Waals surface area (Å²) in [6.45, 7) is 0. The molecule has 0 saturated carbocycles. The van der Waals surface area contributed by atoms with E-state index >= 15 is 0 Å². The molecule has 0 fully saturated rings. The molecular weight excluding hydrogens is 260 g/mol. The van der Waals surface area contributed by atoms with Gasteiger partial charge in [0, 0.05) is 35.5 Å². The number of anilines is 1. The van der Waals surface area contributed by atoms with E-state index in [1.165, 1.54) is 0 Å². The molecule has 104 valence electrons. The molecule has 0 amide bonds. The van der Waals surface area contributed by atoms with Gasteiger partial charge >= 0.3 is 0 Å². The Bertz CT molecular complexity index is 791. The average molecular weight is 276 g/mol. The topological polar surface area (TPSA) is 56.0 Å². The Balaban J connectivity index is 1.81. The molecule has 0 aliphatic heterocycles. The number of hydrogen-bond donors (Lipinski definition) is 1. The van der Waals surface area contributed by atoms with Crippen molar-refractivity contribution in [1.82, 2.24) is 4.98 Å². The lowest BCUT2D eigenvalue weighted by atomic mass is 9.98. The summed E-state index contributed by atoms with van der Waals surface area (Å²) in [5, 5.41) is 1.96. The number of nitrogens with two attached hydrogens (primary N) is 1. The molecule has 1 heterocycles. The number of nitrogens with zero attached hydrogens (tertiary/aromatic N) is 1. The molecule has 1 aromatic heterocycles. The van der Waals surface area contributed by atoms with Gasteiger partial charge in [-0.1, -0.05) is 30.3 Å². The quantitative estimate of drug-likeness (QED) is 0.584. The van der Waals surface area contributed by atoms with Crippen molar-refractivity contribution in [3.63, 3.8) is 0 Å². The number of pyridine rings is 1. The van der Waals surface area contributed by atoms with Crippen LogP contribution in [0.4, 0.5) is 5.69 Å². The lowest BCUT2D eigenvalue weighted by Gasteiger charge is -2.06. The van der Waals surface area contributed by atoms with Crippen LogP contribution in [0.1, 0.15) is 22.3 Å². The number of carbonyl (C=O) groups excluding carboxylic acids is 1. The minimum atomic E-state index is 0.147. The summed E-state index contributed by atoms with van der Waals surface area (Å²) in [7, 11) is 0. The van der Waals surface area contributed by atoms with Crippen molar-refractivity contribution < 1.29 is 4.79 Å². The predicted octanol–water partition coefficient (Wildman–Crippen LogP) is 3.63. The molecule has 2 aromatic carbocycles. The van der Waals surface area contributed by atoms with Gasteiger partial charge in [0.25, 0.3) is 0 Å². The average Bonchev–Trinajstić information content (AvgIpc) is 2.52. The molecule has 0 bridgehead atoms.